The van der Waals surface area contributed by atoms with Gasteiger partial charge in [0.15, 0.2) is 5.69 Å². The van der Waals surface area contributed by atoms with Gasteiger partial charge >= 0.3 is 5.97 Å². The van der Waals surface area contributed by atoms with Crippen molar-refractivity contribution in [1.82, 2.24) is 9.55 Å². The second-order valence-electron chi connectivity index (χ2n) is 3.58. The molecule has 1 heterocycles. The molecular weight excluding hydrogens is 212 g/mol. The van der Waals surface area contributed by atoms with Crippen LogP contribution in [0.5, 0.6) is 0 Å². The normalized spacial score (nSPS) is 11.0. The molecule has 0 aliphatic carbocycles. The maximum absolute atomic E-state index is 11.0. The zero-order chi connectivity index (χ0) is 11.6. The number of hydrogen-bond acceptors (Lipinski definition) is 3. The number of carboxylic acids is 1. The Morgan fingerprint density at radius 3 is 2.60 bits per heavy atom. The molecule has 0 fully saturated rings. The van der Waals surface area contributed by atoms with Gasteiger partial charge in [-0.3, -0.25) is 0 Å². The zero-order valence-corrected chi connectivity index (χ0v) is 10.3. The fraction of sp³-hybridized carbons (Fsp3) is 0.600. The molecule has 0 radical (unpaired) electrons. The molecule has 0 atom stereocenters. The van der Waals surface area contributed by atoms with Gasteiger partial charge in [0.1, 0.15) is 10.9 Å². The maximum Gasteiger partial charge on any atom is 0.357 e. The SMILES string of the molecule is CCSc1c(C(=O)O)nc(C(C)C)n1C. The second-order valence-corrected chi connectivity index (χ2v) is 4.83. The molecule has 0 saturated heterocycles. The molecule has 0 aliphatic rings. The van der Waals surface area contributed by atoms with Crippen molar-refractivity contribution >= 4 is 17.7 Å². The number of imidazole rings is 1. The van der Waals surface area contributed by atoms with Gasteiger partial charge in [-0.25, -0.2) is 9.78 Å². The van der Waals surface area contributed by atoms with Crippen LogP contribution in [0.4, 0.5) is 0 Å². The number of thioether (sulfide) groups is 1. The fourth-order valence-corrected chi connectivity index (χ4v) is 2.29. The van der Waals surface area contributed by atoms with E-state index in [-0.39, 0.29) is 11.6 Å². The van der Waals surface area contributed by atoms with Crippen molar-refractivity contribution in [1.29, 1.82) is 0 Å². The summed E-state index contributed by atoms with van der Waals surface area (Å²) < 4.78 is 1.88. The van der Waals surface area contributed by atoms with Crippen LogP contribution < -0.4 is 0 Å². The number of carbonyl (C=O) groups is 1. The van der Waals surface area contributed by atoms with Gasteiger partial charge in [-0.15, -0.1) is 11.8 Å². The van der Waals surface area contributed by atoms with E-state index in [0.717, 1.165) is 16.6 Å². The number of aromatic nitrogens is 2. The largest absolute Gasteiger partial charge is 0.476 e. The van der Waals surface area contributed by atoms with Crippen molar-refractivity contribution in [3.63, 3.8) is 0 Å². The number of nitrogens with zero attached hydrogens (tertiary/aromatic N) is 2. The molecule has 1 N–H and O–H groups in total. The van der Waals surface area contributed by atoms with E-state index in [2.05, 4.69) is 4.98 Å². The summed E-state index contributed by atoms with van der Waals surface area (Å²) in [5.41, 5.74) is 0.174. The Kier molecular flexibility index (Phi) is 3.79. The van der Waals surface area contributed by atoms with Crippen LogP contribution in [-0.4, -0.2) is 26.4 Å². The lowest BCUT2D eigenvalue weighted by Crippen LogP contribution is -2.01. The van der Waals surface area contributed by atoms with Gasteiger partial charge in [-0.1, -0.05) is 20.8 Å². The second kappa shape index (κ2) is 4.70. The smallest absolute Gasteiger partial charge is 0.357 e. The van der Waals surface area contributed by atoms with E-state index in [4.69, 9.17) is 5.11 Å². The predicted octanol–water partition coefficient (Wildman–Crippen LogP) is 2.35. The fourth-order valence-electron chi connectivity index (χ4n) is 1.46. The van der Waals surface area contributed by atoms with E-state index in [1.807, 2.05) is 32.4 Å². The van der Waals surface area contributed by atoms with Gasteiger partial charge in [-0.05, 0) is 5.75 Å². The third-order valence-corrected chi connectivity index (χ3v) is 3.11. The molecule has 1 aromatic heterocycles. The average molecular weight is 228 g/mol. The van der Waals surface area contributed by atoms with Crippen LogP contribution in [0.3, 0.4) is 0 Å². The van der Waals surface area contributed by atoms with Crippen molar-refractivity contribution in [2.24, 2.45) is 7.05 Å². The van der Waals surface area contributed by atoms with Crippen LogP contribution >= 0.6 is 11.8 Å². The average Bonchev–Trinajstić information content (AvgIpc) is 2.45. The molecule has 0 bridgehead atoms. The van der Waals surface area contributed by atoms with Crippen LogP contribution in [0.2, 0.25) is 0 Å². The minimum atomic E-state index is -0.951. The highest BCUT2D eigenvalue weighted by Crippen LogP contribution is 2.26. The van der Waals surface area contributed by atoms with Crippen molar-refractivity contribution in [2.45, 2.75) is 31.7 Å². The first-order valence-corrected chi connectivity index (χ1v) is 5.90. The standard InChI is InChI=1S/C10H16N2O2S/c1-5-15-9-7(10(13)14)11-8(6(2)3)12(9)4/h6H,5H2,1-4H3,(H,13,14). The van der Waals surface area contributed by atoms with E-state index < -0.39 is 5.97 Å². The number of carboxylic acid groups (broad SMARTS) is 1. The third kappa shape index (κ3) is 2.34. The molecule has 84 valence electrons. The highest BCUT2D eigenvalue weighted by atomic mass is 32.2. The quantitative estimate of drug-likeness (QED) is 0.804. The molecule has 0 amide bonds. The van der Waals surface area contributed by atoms with Crippen LogP contribution in [0.1, 0.15) is 43.0 Å². The Morgan fingerprint density at radius 1 is 1.60 bits per heavy atom. The number of aromatic carboxylic acids is 1. The zero-order valence-electron chi connectivity index (χ0n) is 9.44. The van der Waals surface area contributed by atoms with Crippen LogP contribution in [0.15, 0.2) is 5.03 Å². The van der Waals surface area contributed by atoms with E-state index in [0.29, 0.717) is 0 Å². The molecule has 0 spiro atoms. The van der Waals surface area contributed by atoms with Crippen LogP contribution in [-0.2, 0) is 7.05 Å². The van der Waals surface area contributed by atoms with Gasteiger partial charge in [0.05, 0.1) is 0 Å². The lowest BCUT2D eigenvalue weighted by molar-refractivity contribution is 0.0686. The first-order valence-electron chi connectivity index (χ1n) is 4.91. The number of hydrogen-bond donors (Lipinski definition) is 1. The molecule has 1 aromatic rings. The lowest BCUT2D eigenvalue weighted by atomic mass is 10.2. The highest BCUT2D eigenvalue weighted by Gasteiger charge is 2.21. The van der Waals surface area contributed by atoms with Gasteiger partial charge in [0.25, 0.3) is 0 Å². The Labute approximate surface area is 93.7 Å². The van der Waals surface area contributed by atoms with Crippen LogP contribution in [0.25, 0.3) is 0 Å². The summed E-state index contributed by atoms with van der Waals surface area (Å²) in [5, 5.41) is 9.77. The van der Waals surface area contributed by atoms with Crippen molar-refractivity contribution in [3.8, 4) is 0 Å². The van der Waals surface area contributed by atoms with Gasteiger partial charge in [0, 0.05) is 13.0 Å². The summed E-state index contributed by atoms with van der Waals surface area (Å²) in [6, 6.07) is 0. The van der Waals surface area contributed by atoms with Gasteiger partial charge in [-0.2, -0.15) is 0 Å². The first kappa shape index (κ1) is 12.1. The third-order valence-electron chi connectivity index (χ3n) is 2.08. The van der Waals surface area contributed by atoms with E-state index in [1.165, 1.54) is 11.8 Å². The molecule has 0 unspecified atom stereocenters. The first-order chi connectivity index (χ1) is 6.99. The minimum Gasteiger partial charge on any atom is -0.476 e. The van der Waals surface area contributed by atoms with Crippen molar-refractivity contribution < 1.29 is 9.90 Å². The topological polar surface area (TPSA) is 55.1 Å². The summed E-state index contributed by atoms with van der Waals surface area (Å²) in [7, 11) is 1.87. The Hall–Kier alpha value is -0.970. The molecule has 5 heteroatoms. The molecular formula is C10H16N2O2S. The number of rotatable bonds is 4. The van der Waals surface area contributed by atoms with E-state index in [9.17, 15) is 4.79 Å². The molecule has 0 saturated carbocycles. The minimum absolute atomic E-state index is 0.174. The van der Waals surface area contributed by atoms with Crippen molar-refractivity contribution in [3.05, 3.63) is 11.5 Å². The Bertz CT molecular complexity index is 372. The maximum atomic E-state index is 11.0. The predicted molar refractivity (Wildman–Crippen MR) is 60.7 cm³/mol. The monoisotopic (exact) mass is 228 g/mol. The Balaban J connectivity index is 3.26. The van der Waals surface area contributed by atoms with Crippen LogP contribution in [0, 0.1) is 0 Å². The molecule has 1 rings (SSSR count). The summed E-state index contributed by atoms with van der Waals surface area (Å²) in [6.07, 6.45) is 0. The van der Waals surface area contributed by atoms with Gasteiger partial charge < -0.3 is 9.67 Å². The summed E-state index contributed by atoms with van der Waals surface area (Å²) in [5.74, 6) is 0.952. The Morgan fingerprint density at radius 2 is 2.20 bits per heavy atom. The summed E-state index contributed by atoms with van der Waals surface area (Å²) in [4.78, 5) is 15.2. The van der Waals surface area contributed by atoms with Crippen molar-refractivity contribution in [2.75, 3.05) is 5.75 Å². The van der Waals surface area contributed by atoms with E-state index in [1.54, 1.807) is 0 Å². The summed E-state index contributed by atoms with van der Waals surface area (Å²) in [6.45, 7) is 6.01. The van der Waals surface area contributed by atoms with Gasteiger partial charge in [0.2, 0.25) is 0 Å². The molecule has 0 aromatic carbocycles. The molecule has 4 nitrogen and oxygen atoms in total. The highest BCUT2D eigenvalue weighted by molar-refractivity contribution is 7.99. The molecule has 0 aliphatic heterocycles. The lowest BCUT2D eigenvalue weighted by Gasteiger charge is -2.06. The molecule has 15 heavy (non-hydrogen) atoms. The summed E-state index contributed by atoms with van der Waals surface area (Å²) >= 11 is 1.51. The van der Waals surface area contributed by atoms with E-state index >= 15 is 0 Å².